The van der Waals surface area contributed by atoms with Gasteiger partial charge in [-0.1, -0.05) is 12.5 Å². The molecule has 2 aliphatic heterocycles. The van der Waals surface area contributed by atoms with Gasteiger partial charge in [0.25, 0.3) is 0 Å². The molecule has 0 radical (unpaired) electrons. The van der Waals surface area contributed by atoms with Crippen LogP contribution in [0.1, 0.15) is 46.0 Å². The predicted molar refractivity (Wildman–Crippen MR) is 74.3 cm³/mol. The van der Waals surface area contributed by atoms with Gasteiger partial charge in [0.1, 0.15) is 0 Å². The predicted octanol–water partition coefficient (Wildman–Crippen LogP) is 2.90. The summed E-state index contributed by atoms with van der Waals surface area (Å²) < 4.78 is 0. The van der Waals surface area contributed by atoms with Crippen molar-refractivity contribution in [1.29, 1.82) is 0 Å². The molecule has 98 valence electrons. The number of hydrogen-bond acceptors (Lipinski definition) is 2. The van der Waals surface area contributed by atoms with E-state index in [2.05, 4.69) is 29.7 Å². The van der Waals surface area contributed by atoms with Crippen molar-refractivity contribution >= 4 is 0 Å². The summed E-state index contributed by atoms with van der Waals surface area (Å²) in [5.74, 6) is 0. The van der Waals surface area contributed by atoms with Crippen molar-refractivity contribution < 1.29 is 0 Å². The number of allylic oxidation sites excluding steroid dienone is 1. The van der Waals surface area contributed by atoms with Gasteiger partial charge in [0.15, 0.2) is 0 Å². The van der Waals surface area contributed by atoms with E-state index in [0.29, 0.717) is 6.04 Å². The van der Waals surface area contributed by atoms with Gasteiger partial charge < -0.3 is 0 Å². The lowest BCUT2D eigenvalue weighted by Gasteiger charge is -2.35. The van der Waals surface area contributed by atoms with Crippen molar-refractivity contribution in [3.05, 3.63) is 11.6 Å². The largest absolute Gasteiger partial charge is 0.299 e. The second kappa shape index (κ2) is 6.55. The van der Waals surface area contributed by atoms with Crippen LogP contribution in [0.2, 0.25) is 0 Å². The van der Waals surface area contributed by atoms with Crippen molar-refractivity contribution in [3.8, 4) is 0 Å². The van der Waals surface area contributed by atoms with Crippen LogP contribution < -0.4 is 0 Å². The fourth-order valence-electron chi connectivity index (χ4n) is 3.20. The molecule has 0 aromatic carbocycles. The van der Waals surface area contributed by atoms with Gasteiger partial charge in [-0.05, 0) is 71.3 Å². The highest BCUT2D eigenvalue weighted by Gasteiger charge is 2.21. The first-order valence-electron chi connectivity index (χ1n) is 7.42. The van der Waals surface area contributed by atoms with E-state index < -0.39 is 0 Å². The molecule has 1 atom stereocenters. The zero-order valence-electron chi connectivity index (χ0n) is 11.6. The lowest BCUT2D eigenvalue weighted by molar-refractivity contribution is 0.186. The quantitative estimate of drug-likeness (QED) is 0.693. The summed E-state index contributed by atoms with van der Waals surface area (Å²) in [5, 5.41) is 0. The first-order chi connectivity index (χ1) is 8.31. The maximum absolute atomic E-state index is 2.68. The molecule has 2 heteroatoms. The number of rotatable bonds is 4. The second-order valence-corrected chi connectivity index (χ2v) is 5.62. The van der Waals surface area contributed by atoms with Gasteiger partial charge in [-0.2, -0.15) is 0 Å². The molecule has 1 unspecified atom stereocenters. The van der Waals surface area contributed by atoms with Gasteiger partial charge >= 0.3 is 0 Å². The Labute approximate surface area is 107 Å². The summed E-state index contributed by atoms with van der Waals surface area (Å²) >= 11 is 0. The van der Waals surface area contributed by atoms with Gasteiger partial charge in [0.05, 0.1) is 0 Å². The van der Waals surface area contributed by atoms with Gasteiger partial charge in [-0.3, -0.25) is 9.80 Å². The van der Waals surface area contributed by atoms with Crippen LogP contribution in [0.4, 0.5) is 0 Å². The first-order valence-corrected chi connectivity index (χ1v) is 7.42. The standard InChI is InChI=1S/C15H28N2/c1-3-15(13-16-9-7-8-10-16)14(2)17-11-5-4-6-12-17/h3,14H,4-13H2,1-2H3. The van der Waals surface area contributed by atoms with Crippen LogP contribution in [0.25, 0.3) is 0 Å². The van der Waals surface area contributed by atoms with Crippen molar-refractivity contribution in [2.24, 2.45) is 0 Å². The number of nitrogens with zero attached hydrogens (tertiary/aromatic N) is 2. The molecule has 0 spiro atoms. The second-order valence-electron chi connectivity index (χ2n) is 5.62. The van der Waals surface area contributed by atoms with Crippen molar-refractivity contribution in [1.82, 2.24) is 9.80 Å². The molecule has 0 aliphatic carbocycles. The van der Waals surface area contributed by atoms with E-state index in [9.17, 15) is 0 Å². The fourth-order valence-corrected chi connectivity index (χ4v) is 3.20. The molecule has 2 heterocycles. The Bertz CT molecular complexity index is 248. The van der Waals surface area contributed by atoms with Crippen LogP contribution in [0.3, 0.4) is 0 Å². The average Bonchev–Trinajstić information content (AvgIpc) is 2.89. The van der Waals surface area contributed by atoms with E-state index in [1.54, 1.807) is 5.57 Å². The Morgan fingerprint density at radius 1 is 1.00 bits per heavy atom. The van der Waals surface area contributed by atoms with E-state index in [-0.39, 0.29) is 0 Å². The normalized spacial score (nSPS) is 26.4. The summed E-state index contributed by atoms with van der Waals surface area (Å²) in [7, 11) is 0. The zero-order chi connectivity index (χ0) is 12.1. The maximum atomic E-state index is 2.68. The minimum atomic E-state index is 0.654. The summed E-state index contributed by atoms with van der Waals surface area (Å²) in [4.78, 5) is 5.30. The highest BCUT2D eigenvalue weighted by molar-refractivity contribution is 5.12. The van der Waals surface area contributed by atoms with Gasteiger partial charge in [-0.15, -0.1) is 0 Å². The third-order valence-corrected chi connectivity index (χ3v) is 4.45. The van der Waals surface area contributed by atoms with E-state index in [1.807, 2.05) is 0 Å². The van der Waals surface area contributed by atoms with E-state index in [4.69, 9.17) is 0 Å². The highest BCUT2D eigenvalue weighted by atomic mass is 15.2. The zero-order valence-corrected chi connectivity index (χ0v) is 11.6. The minimum absolute atomic E-state index is 0.654. The summed E-state index contributed by atoms with van der Waals surface area (Å²) in [6, 6.07) is 0.654. The minimum Gasteiger partial charge on any atom is -0.299 e. The average molecular weight is 236 g/mol. The first kappa shape index (κ1) is 13.1. The van der Waals surface area contributed by atoms with Crippen molar-refractivity contribution in [2.45, 2.75) is 52.0 Å². The number of likely N-dealkylation sites (tertiary alicyclic amines) is 2. The van der Waals surface area contributed by atoms with Crippen LogP contribution in [-0.2, 0) is 0 Å². The summed E-state index contributed by atoms with van der Waals surface area (Å²) in [6.07, 6.45) is 9.37. The van der Waals surface area contributed by atoms with Gasteiger partial charge in [0, 0.05) is 12.6 Å². The molecule has 0 saturated carbocycles. The molecule has 2 rings (SSSR count). The van der Waals surface area contributed by atoms with Crippen LogP contribution in [0, 0.1) is 0 Å². The topological polar surface area (TPSA) is 6.48 Å². The van der Waals surface area contributed by atoms with Crippen LogP contribution in [0.15, 0.2) is 11.6 Å². The molecule has 2 fully saturated rings. The van der Waals surface area contributed by atoms with Crippen molar-refractivity contribution in [2.75, 3.05) is 32.7 Å². The third kappa shape index (κ3) is 3.56. The Morgan fingerprint density at radius 3 is 2.18 bits per heavy atom. The Balaban J connectivity index is 1.87. The van der Waals surface area contributed by atoms with Crippen LogP contribution in [0.5, 0.6) is 0 Å². The summed E-state index contributed by atoms with van der Waals surface area (Å²) in [5.41, 5.74) is 1.63. The molecule has 0 N–H and O–H groups in total. The molecule has 2 nitrogen and oxygen atoms in total. The number of piperidine rings is 1. The molecular formula is C15H28N2. The van der Waals surface area contributed by atoms with E-state index in [0.717, 1.165) is 0 Å². The lowest BCUT2D eigenvalue weighted by Crippen LogP contribution is -2.41. The SMILES string of the molecule is CC=C(CN1CCCC1)C(C)N1CCCCC1. The Hall–Kier alpha value is -0.340. The Kier molecular flexibility index (Phi) is 5.05. The monoisotopic (exact) mass is 236 g/mol. The lowest BCUT2D eigenvalue weighted by atomic mass is 10.0. The molecule has 17 heavy (non-hydrogen) atoms. The molecule has 0 aromatic rings. The summed E-state index contributed by atoms with van der Waals surface area (Å²) in [6.45, 7) is 11.0. The third-order valence-electron chi connectivity index (χ3n) is 4.45. The highest BCUT2D eigenvalue weighted by Crippen LogP contribution is 2.19. The molecule has 2 saturated heterocycles. The fraction of sp³-hybridized carbons (Fsp3) is 0.867. The van der Waals surface area contributed by atoms with E-state index in [1.165, 1.54) is 64.8 Å². The maximum Gasteiger partial charge on any atom is 0.0291 e. The Morgan fingerprint density at radius 2 is 1.59 bits per heavy atom. The number of hydrogen-bond donors (Lipinski definition) is 0. The molecule has 0 aromatic heterocycles. The van der Waals surface area contributed by atoms with E-state index >= 15 is 0 Å². The molecule has 0 bridgehead atoms. The van der Waals surface area contributed by atoms with Crippen LogP contribution >= 0.6 is 0 Å². The molecule has 0 amide bonds. The van der Waals surface area contributed by atoms with Gasteiger partial charge in [0.2, 0.25) is 0 Å². The smallest absolute Gasteiger partial charge is 0.0291 e. The van der Waals surface area contributed by atoms with Gasteiger partial charge in [-0.25, -0.2) is 0 Å². The van der Waals surface area contributed by atoms with Crippen LogP contribution in [-0.4, -0.2) is 48.6 Å². The molecule has 2 aliphatic rings. The molecular weight excluding hydrogens is 208 g/mol. The van der Waals surface area contributed by atoms with Crippen molar-refractivity contribution in [3.63, 3.8) is 0 Å².